The predicted octanol–water partition coefficient (Wildman–Crippen LogP) is 0.989. The average molecular weight is 270 g/mol. The van der Waals surface area contributed by atoms with E-state index in [9.17, 15) is 14.4 Å². The smallest absolute Gasteiger partial charge is 0.349 e. The summed E-state index contributed by atoms with van der Waals surface area (Å²) in [6.45, 7) is 8.26. The Morgan fingerprint density at radius 1 is 1.47 bits per heavy atom. The zero-order valence-corrected chi connectivity index (χ0v) is 11.5. The highest BCUT2D eigenvalue weighted by molar-refractivity contribution is 5.93. The first kappa shape index (κ1) is 15.2. The van der Waals surface area contributed by atoms with Crippen molar-refractivity contribution >= 4 is 17.9 Å². The van der Waals surface area contributed by atoms with Crippen LogP contribution in [0.1, 0.15) is 27.2 Å². The molecular weight excluding hydrogens is 252 g/mol. The molecule has 1 rings (SSSR count). The summed E-state index contributed by atoms with van der Waals surface area (Å²) in [6.07, 6.45) is -0.888. The highest BCUT2D eigenvalue weighted by Crippen LogP contribution is 2.38. The highest BCUT2D eigenvalue weighted by Gasteiger charge is 2.58. The molecule has 0 aromatic carbocycles. The van der Waals surface area contributed by atoms with Gasteiger partial charge in [-0.15, -0.1) is 0 Å². The van der Waals surface area contributed by atoms with Crippen molar-refractivity contribution in [2.45, 2.75) is 38.9 Å². The number of carbonyl (C=O) groups is 3. The van der Waals surface area contributed by atoms with Gasteiger partial charge in [-0.1, -0.05) is 13.5 Å². The third kappa shape index (κ3) is 2.77. The molecular formula is C13H18O6. The third-order valence-electron chi connectivity index (χ3n) is 3.27. The van der Waals surface area contributed by atoms with Crippen LogP contribution in [0.3, 0.4) is 0 Å². The number of carbonyl (C=O) groups excluding carboxylic acids is 3. The van der Waals surface area contributed by atoms with Crippen molar-refractivity contribution in [3.8, 4) is 0 Å². The molecule has 1 saturated heterocycles. The van der Waals surface area contributed by atoms with Crippen LogP contribution in [0.15, 0.2) is 12.2 Å². The SMILES string of the molecule is C=C(C)C(=O)OC1C(=O)OC(C)(CC)C1C(=O)OC. The summed E-state index contributed by atoms with van der Waals surface area (Å²) in [5.41, 5.74) is -0.897. The fraction of sp³-hybridized carbons (Fsp3) is 0.615. The highest BCUT2D eigenvalue weighted by atomic mass is 16.6. The lowest BCUT2D eigenvalue weighted by atomic mass is 9.85. The summed E-state index contributed by atoms with van der Waals surface area (Å²) in [7, 11) is 1.21. The maximum atomic E-state index is 11.8. The zero-order chi connectivity index (χ0) is 14.8. The summed E-state index contributed by atoms with van der Waals surface area (Å²) < 4.78 is 14.9. The monoisotopic (exact) mass is 270 g/mol. The fourth-order valence-corrected chi connectivity index (χ4v) is 1.93. The summed E-state index contributed by atoms with van der Waals surface area (Å²) in [5, 5.41) is 0. The molecule has 0 spiro atoms. The second-order valence-corrected chi connectivity index (χ2v) is 4.69. The number of hydrogen-bond donors (Lipinski definition) is 0. The second kappa shape index (κ2) is 5.42. The number of esters is 3. The molecule has 3 atom stereocenters. The van der Waals surface area contributed by atoms with Crippen LogP contribution in [-0.2, 0) is 28.6 Å². The molecule has 0 aliphatic carbocycles. The van der Waals surface area contributed by atoms with E-state index >= 15 is 0 Å². The Labute approximate surface area is 111 Å². The summed E-state index contributed by atoms with van der Waals surface area (Å²) in [5.74, 6) is -3.10. The first-order chi connectivity index (χ1) is 8.76. The first-order valence-corrected chi connectivity index (χ1v) is 5.94. The van der Waals surface area contributed by atoms with E-state index in [2.05, 4.69) is 11.3 Å². The van der Waals surface area contributed by atoms with E-state index in [0.717, 1.165) is 0 Å². The van der Waals surface area contributed by atoms with Gasteiger partial charge in [-0.3, -0.25) is 4.79 Å². The maximum Gasteiger partial charge on any atom is 0.349 e. The Hall–Kier alpha value is -1.85. The molecule has 1 heterocycles. The van der Waals surface area contributed by atoms with Gasteiger partial charge < -0.3 is 14.2 Å². The number of ether oxygens (including phenoxy) is 3. The van der Waals surface area contributed by atoms with Crippen LogP contribution < -0.4 is 0 Å². The van der Waals surface area contributed by atoms with E-state index in [0.29, 0.717) is 6.42 Å². The topological polar surface area (TPSA) is 78.9 Å². The maximum absolute atomic E-state index is 11.8. The number of cyclic esters (lactones) is 1. The lowest BCUT2D eigenvalue weighted by Crippen LogP contribution is -2.42. The second-order valence-electron chi connectivity index (χ2n) is 4.69. The van der Waals surface area contributed by atoms with Gasteiger partial charge >= 0.3 is 17.9 Å². The molecule has 0 aromatic rings. The summed E-state index contributed by atoms with van der Waals surface area (Å²) in [6, 6.07) is 0. The van der Waals surface area contributed by atoms with E-state index in [1.54, 1.807) is 13.8 Å². The van der Waals surface area contributed by atoms with Gasteiger partial charge in [0.05, 0.1) is 7.11 Å². The van der Waals surface area contributed by atoms with Crippen LogP contribution in [0.25, 0.3) is 0 Å². The van der Waals surface area contributed by atoms with Crippen molar-refractivity contribution in [3.05, 3.63) is 12.2 Å². The van der Waals surface area contributed by atoms with Crippen molar-refractivity contribution < 1.29 is 28.6 Å². The quantitative estimate of drug-likeness (QED) is 0.430. The standard InChI is InChI=1S/C13H18O6/c1-6-13(4)8(11(15)17-5)9(12(16)19-13)18-10(14)7(2)3/h8-9H,2,6H2,1,3-5H3. The van der Waals surface area contributed by atoms with Crippen LogP contribution in [0.2, 0.25) is 0 Å². The van der Waals surface area contributed by atoms with Gasteiger partial charge in [-0.25, -0.2) is 9.59 Å². The molecule has 19 heavy (non-hydrogen) atoms. The van der Waals surface area contributed by atoms with E-state index < -0.39 is 35.5 Å². The van der Waals surface area contributed by atoms with Crippen molar-refractivity contribution in [2.24, 2.45) is 5.92 Å². The van der Waals surface area contributed by atoms with Crippen LogP contribution in [0.4, 0.5) is 0 Å². The number of hydrogen-bond acceptors (Lipinski definition) is 6. The Balaban J connectivity index is 3.06. The predicted molar refractivity (Wildman–Crippen MR) is 65.0 cm³/mol. The zero-order valence-electron chi connectivity index (χ0n) is 11.5. The molecule has 106 valence electrons. The molecule has 1 aliphatic rings. The van der Waals surface area contributed by atoms with Crippen LogP contribution in [-0.4, -0.2) is 36.7 Å². The molecule has 0 radical (unpaired) electrons. The minimum atomic E-state index is -1.29. The fourth-order valence-electron chi connectivity index (χ4n) is 1.93. The molecule has 0 N–H and O–H groups in total. The van der Waals surface area contributed by atoms with Crippen molar-refractivity contribution in [1.82, 2.24) is 0 Å². The minimum absolute atomic E-state index is 0.140. The van der Waals surface area contributed by atoms with Crippen LogP contribution in [0, 0.1) is 5.92 Å². The van der Waals surface area contributed by atoms with Gasteiger partial charge in [-0.2, -0.15) is 0 Å². The Morgan fingerprint density at radius 2 is 2.05 bits per heavy atom. The van der Waals surface area contributed by atoms with Crippen LogP contribution >= 0.6 is 0 Å². The van der Waals surface area contributed by atoms with E-state index in [1.807, 2.05) is 0 Å². The van der Waals surface area contributed by atoms with E-state index in [1.165, 1.54) is 14.0 Å². The van der Waals surface area contributed by atoms with Crippen LogP contribution in [0.5, 0.6) is 0 Å². The Bertz CT molecular complexity index is 427. The normalized spacial score (nSPS) is 29.6. The summed E-state index contributed by atoms with van der Waals surface area (Å²) >= 11 is 0. The molecule has 1 aliphatic heterocycles. The minimum Gasteiger partial charge on any atom is -0.469 e. The van der Waals surface area contributed by atoms with Gasteiger partial charge in [0.25, 0.3) is 0 Å². The molecule has 0 aromatic heterocycles. The Morgan fingerprint density at radius 3 is 2.47 bits per heavy atom. The molecule has 6 nitrogen and oxygen atoms in total. The molecule has 6 heteroatoms. The van der Waals surface area contributed by atoms with Gasteiger partial charge in [0.2, 0.25) is 6.10 Å². The van der Waals surface area contributed by atoms with Crippen molar-refractivity contribution in [3.63, 3.8) is 0 Å². The van der Waals surface area contributed by atoms with E-state index in [-0.39, 0.29) is 5.57 Å². The molecule has 0 saturated carbocycles. The first-order valence-electron chi connectivity index (χ1n) is 5.94. The molecule has 0 amide bonds. The lowest BCUT2D eigenvalue weighted by molar-refractivity contribution is -0.162. The number of rotatable bonds is 4. The summed E-state index contributed by atoms with van der Waals surface area (Å²) in [4.78, 5) is 35.1. The largest absolute Gasteiger partial charge is 0.469 e. The Kier molecular flexibility index (Phi) is 4.34. The molecule has 0 bridgehead atoms. The van der Waals surface area contributed by atoms with E-state index in [4.69, 9.17) is 9.47 Å². The van der Waals surface area contributed by atoms with Gasteiger partial charge in [0.15, 0.2) is 0 Å². The van der Waals surface area contributed by atoms with Crippen molar-refractivity contribution in [2.75, 3.05) is 7.11 Å². The van der Waals surface area contributed by atoms with Gasteiger partial charge in [-0.05, 0) is 20.3 Å². The van der Waals surface area contributed by atoms with Crippen molar-refractivity contribution in [1.29, 1.82) is 0 Å². The molecule has 1 fully saturated rings. The number of methoxy groups -OCH3 is 1. The van der Waals surface area contributed by atoms with Gasteiger partial charge in [0.1, 0.15) is 11.5 Å². The average Bonchev–Trinajstić information content (AvgIpc) is 2.60. The third-order valence-corrected chi connectivity index (χ3v) is 3.27. The lowest BCUT2D eigenvalue weighted by Gasteiger charge is -2.27. The van der Waals surface area contributed by atoms with Gasteiger partial charge in [0, 0.05) is 5.57 Å². The molecule has 3 unspecified atom stereocenters.